The number of aliphatic imine (C=N–C) groups is 1. The van der Waals surface area contributed by atoms with E-state index in [-0.39, 0.29) is 83.5 Å². The molecule has 8 fully saturated rings. The summed E-state index contributed by atoms with van der Waals surface area (Å²) in [6, 6.07) is 0.140. The van der Waals surface area contributed by atoms with Crippen molar-refractivity contribution < 1.29 is 35.4 Å². The van der Waals surface area contributed by atoms with E-state index in [0.29, 0.717) is 35.7 Å². The number of nitrogens with zero attached hydrogens (tertiary/aromatic N) is 3. The summed E-state index contributed by atoms with van der Waals surface area (Å²) in [6.07, 6.45) is 23.2. The number of rotatable bonds is 5. The number of nitrogens with one attached hydrogen (secondary N) is 1. The van der Waals surface area contributed by atoms with Crippen molar-refractivity contribution in [1.29, 1.82) is 0 Å². The van der Waals surface area contributed by atoms with Gasteiger partial charge in [-0.05, 0) is 167 Å². The lowest BCUT2D eigenvalue weighted by Gasteiger charge is -2.65. The van der Waals surface area contributed by atoms with Crippen molar-refractivity contribution in [3.8, 4) is 0 Å². The van der Waals surface area contributed by atoms with Gasteiger partial charge in [0.05, 0.1) is 36.8 Å². The molecule has 1 aromatic heterocycles. The molecule has 14 heteroatoms. The largest absolute Gasteiger partial charge is 0.396 e. The second-order valence-electron chi connectivity index (χ2n) is 26.7. The molecular weight excluding hydrogens is 943 g/mol. The van der Waals surface area contributed by atoms with E-state index in [9.17, 15) is 25.5 Å². The van der Waals surface area contributed by atoms with Crippen molar-refractivity contribution in [2.45, 2.75) is 197 Å². The Morgan fingerprint density at radius 2 is 1.69 bits per heavy atom. The van der Waals surface area contributed by atoms with Gasteiger partial charge in [0.2, 0.25) is 0 Å². The van der Waals surface area contributed by atoms with E-state index in [4.69, 9.17) is 10.7 Å². The van der Waals surface area contributed by atoms with Crippen LogP contribution >= 0.6 is 21.6 Å². The third-order valence-electron chi connectivity index (χ3n) is 22.9. The van der Waals surface area contributed by atoms with Gasteiger partial charge < -0.3 is 46.3 Å². The number of guanidine groups is 1. The maximum Gasteiger partial charge on any atom is 0.190 e. The first-order valence-corrected chi connectivity index (χ1v) is 30.9. The van der Waals surface area contributed by atoms with Crippen molar-refractivity contribution in [3.05, 3.63) is 52.7 Å². The predicted molar refractivity (Wildman–Crippen MR) is 283 cm³/mol. The monoisotopic (exact) mass is 1030 g/mol. The summed E-state index contributed by atoms with van der Waals surface area (Å²) in [4.78, 5) is 24.6. The summed E-state index contributed by atoms with van der Waals surface area (Å²) < 4.78 is 1.95. The molecule has 12 rings (SSSR count). The molecule has 11 aliphatic rings. The molecule has 2 heterocycles. The lowest BCUT2D eigenvalue weighted by atomic mass is 9.41. The summed E-state index contributed by atoms with van der Waals surface area (Å²) in [5.74, 6) is -0.706. The maximum atomic E-state index is 15.1. The third kappa shape index (κ3) is 7.36. The molecule has 7 saturated carbocycles. The number of allylic oxidation sites excluding steroid dienone is 3. The Hall–Kier alpha value is -2.17. The summed E-state index contributed by atoms with van der Waals surface area (Å²) >= 11 is 0. The van der Waals surface area contributed by atoms with Crippen molar-refractivity contribution in [1.82, 2.24) is 14.9 Å². The zero-order chi connectivity index (χ0) is 50.3. The molecule has 4 bridgehead atoms. The molecule has 2 spiro atoms. The summed E-state index contributed by atoms with van der Waals surface area (Å²) in [5.41, 5.74) is 10.00. The molecule has 17 atom stereocenters. The average molecular weight is 1030 g/mol. The van der Waals surface area contributed by atoms with Crippen LogP contribution in [0.1, 0.15) is 162 Å². The molecule has 72 heavy (non-hydrogen) atoms. The fraction of sp³-hybridized carbons (Fsp3) is 0.810. The van der Waals surface area contributed by atoms with Gasteiger partial charge in [-0.25, -0.2) is 4.98 Å². The number of aliphatic hydroxyl groups is 6. The highest BCUT2D eigenvalue weighted by atomic mass is 33.1. The zero-order valence-corrected chi connectivity index (χ0v) is 45.1. The third-order valence-corrected chi connectivity index (χ3v) is 26.3. The fourth-order valence-corrected chi connectivity index (χ4v) is 24.3. The highest BCUT2D eigenvalue weighted by Gasteiger charge is 2.77. The maximum absolute atomic E-state index is 15.1. The van der Waals surface area contributed by atoms with Gasteiger partial charge in [-0.2, -0.15) is 0 Å². The van der Waals surface area contributed by atoms with Crippen LogP contribution in [0.15, 0.2) is 57.7 Å². The number of carbonyl (C=O) groups is 1. The van der Waals surface area contributed by atoms with Crippen LogP contribution in [0.3, 0.4) is 0 Å². The van der Waals surface area contributed by atoms with Gasteiger partial charge in [-0.15, -0.1) is 0 Å². The van der Waals surface area contributed by atoms with Crippen molar-refractivity contribution >= 4 is 33.3 Å². The van der Waals surface area contributed by atoms with Crippen molar-refractivity contribution in [2.24, 2.45) is 85.6 Å². The Morgan fingerprint density at radius 1 is 0.958 bits per heavy atom. The zero-order valence-electron chi connectivity index (χ0n) is 43.5. The minimum atomic E-state index is -1.63. The van der Waals surface area contributed by atoms with Crippen LogP contribution in [-0.4, -0.2) is 106 Å². The highest BCUT2D eigenvalue weighted by Crippen LogP contribution is 2.77. The van der Waals surface area contributed by atoms with Crippen molar-refractivity contribution in [3.63, 3.8) is 0 Å². The molecule has 1 aromatic rings. The number of aliphatic hydroxyl groups excluding tert-OH is 5. The minimum absolute atomic E-state index is 0.0943. The van der Waals surface area contributed by atoms with Gasteiger partial charge in [0.25, 0.3) is 0 Å². The van der Waals surface area contributed by atoms with Gasteiger partial charge in [0.1, 0.15) is 6.23 Å². The van der Waals surface area contributed by atoms with E-state index in [0.717, 1.165) is 70.0 Å². The Bertz CT molecular complexity index is 2410. The normalized spacial score (nSPS) is 45.5. The van der Waals surface area contributed by atoms with Crippen LogP contribution in [0.5, 0.6) is 0 Å². The topological polar surface area (TPSA) is 207 Å². The van der Waals surface area contributed by atoms with Crippen LogP contribution in [0.4, 0.5) is 0 Å². The lowest BCUT2D eigenvalue weighted by Crippen LogP contribution is -2.68. The van der Waals surface area contributed by atoms with Gasteiger partial charge in [0.15, 0.2) is 11.7 Å². The smallest absolute Gasteiger partial charge is 0.190 e. The molecule has 10 aliphatic carbocycles. The van der Waals surface area contributed by atoms with Crippen LogP contribution in [-0.2, 0) is 4.79 Å². The minimum Gasteiger partial charge on any atom is -0.396 e. The molecule has 1 aliphatic heterocycles. The average Bonchev–Trinajstić information content (AvgIpc) is 4.18. The molecule has 0 amide bonds. The van der Waals surface area contributed by atoms with Crippen LogP contribution in [0, 0.1) is 74.9 Å². The lowest BCUT2D eigenvalue weighted by molar-refractivity contribution is -0.188. The Morgan fingerprint density at radius 3 is 2.42 bits per heavy atom. The Kier molecular flexibility index (Phi) is 12.8. The standard InChI is InChI=1S/C58H85N5O7S2/c1-32(65)62-52(59)61-28-34-25-56(30-64)39-24-45(58(56,70)41-23-42(66)40-22-43(67)44(68)27-54(40,4)48(34)41)57(17-7-8-18-57)72-71-29-35(63-20-19-60-31-63)26-53(2,3)50-37-13-10-16-55(14-5-6-15-55)49(37)36-12-9-11-33-21-38(39)51(69)47(50)46(33)36/h19-20,23,31-35,38-40,43-45,47-49,51,64-65,67-70H,5-18,21-22,24-30H2,1-4H3,(H3,59,61,62). The first-order valence-electron chi connectivity index (χ1n) is 28.5. The van der Waals surface area contributed by atoms with E-state index in [1.54, 1.807) is 29.7 Å². The van der Waals surface area contributed by atoms with Crippen LogP contribution in [0.2, 0.25) is 0 Å². The van der Waals surface area contributed by atoms with Gasteiger partial charge >= 0.3 is 0 Å². The Labute approximate surface area is 435 Å². The number of imidazole rings is 1. The fourth-order valence-electron chi connectivity index (χ4n) is 20.5. The number of carbonyl (C=O) groups excluding carboxylic acids is 1. The first kappa shape index (κ1) is 50.6. The molecule has 0 radical (unpaired) electrons. The molecule has 1 saturated heterocycles. The molecule has 396 valence electrons. The molecule has 0 aromatic carbocycles. The van der Waals surface area contributed by atoms with E-state index in [1.807, 2.05) is 34.1 Å². The quantitative estimate of drug-likeness (QED) is 0.0462. The highest BCUT2D eigenvalue weighted by molar-refractivity contribution is 8.77. The van der Waals surface area contributed by atoms with Crippen molar-refractivity contribution in [2.75, 3.05) is 18.9 Å². The summed E-state index contributed by atoms with van der Waals surface area (Å²) in [6.45, 7) is 8.59. The second kappa shape index (κ2) is 18.2. The SMILES string of the molecule is CC(O)NC(N)=NCC1CC2(CO)C3CC(C4(CCCC4)SSCC(n4ccnc4)CC(C)(C)C4=C5CCCC6(CCCC6)C5C5=C6C(CCC5)CC3C(O)C64)C2(O)C2=CC(=O)C3CC(O)C(O)CC3(C)C21. The summed E-state index contributed by atoms with van der Waals surface area (Å²) in [7, 11) is 3.90. The molecule has 9 N–H and O–H groups in total. The van der Waals surface area contributed by atoms with Crippen LogP contribution < -0.4 is 11.1 Å². The van der Waals surface area contributed by atoms with Gasteiger partial charge in [0, 0.05) is 64.6 Å². The number of ketones is 1. The van der Waals surface area contributed by atoms with Gasteiger partial charge in [-0.3, -0.25) is 9.79 Å². The molecule has 12 nitrogen and oxygen atoms in total. The van der Waals surface area contributed by atoms with E-state index < -0.39 is 52.8 Å². The predicted octanol–water partition coefficient (Wildman–Crippen LogP) is 8.18. The summed E-state index contributed by atoms with van der Waals surface area (Å²) in [5, 5.41) is 77.9. The molecule has 17 unspecified atom stereocenters. The number of hydrogen-bond donors (Lipinski definition) is 8. The second-order valence-corrected chi connectivity index (χ2v) is 29.5. The number of hydrogen-bond acceptors (Lipinski definition) is 11. The Balaban J connectivity index is 1.08. The molecular formula is C58H85N5O7S2. The van der Waals surface area contributed by atoms with E-state index >= 15 is 9.90 Å². The van der Waals surface area contributed by atoms with Crippen LogP contribution in [0.25, 0.3) is 0 Å². The number of nitrogens with two attached hydrogens (primary N) is 1. The first-order chi connectivity index (χ1) is 34.4. The van der Waals surface area contributed by atoms with Gasteiger partial charge in [-0.1, -0.05) is 90.3 Å². The van der Waals surface area contributed by atoms with E-state index in [2.05, 4.69) is 41.8 Å². The van der Waals surface area contributed by atoms with E-state index in [1.165, 1.54) is 44.1 Å². The number of aromatic nitrogens is 2. The number of fused-ring (bicyclic) bond motifs is 15.